The van der Waals surface area contributed by atoms with E-state index in [9.17, 15) is 9.90 Å². The third kappa shape index (κ3) is 7.30. The fourth-order valence-corrected chi connectivity index (χ4v) is 4.37. The van der Waals surface area contributed by atoms with E-state index in [1.807, 2.05) is 20.8 Å². The Kier molecular flexibility index (Phi) is 10.9. The molecule has 0 aromatic heterocycles. The molecule has 1 N–H and O–H groups in total. The molecule has 6 heteroatoms. The average Bonchev–Trinajstić information content (AvgIpc) is 2.47. The van der Waals surface area contributed by atoms with Crippen molar-refractivity contribution >= 4 is 14.6 Å². The third-order valence-electron chi connectivity index (χ3n) is 2.55. The highest BCUT2D eigenvalue weighted by Gasteiger charge is 2.44. The number of rotatable bonds is 13. The molecule has 20 heavy (non-hydrogen) atoms. The van der Waals surface area contributed by atoms with Crippen LogP contribution < -0.4 is 0 Å². The van der Waals surface area contributed by atoms with Crippen LogP contribution in [-0.4, -0.2) is 45.6 Å². The van der Waals surface area contributed by atoms with Gasteiger partial charge in [-0.1, -0.05) is 27.4 Å². The van der Waals surface area contributed by atoms with Crippen LogP contribution in [0.2, 0.25) is 6.04 Å². The van der Waals surface area contributed by atoms with E-state index >= 15 is 0 Å². The molecule has 0 fully saturated rings. The zero-order valence-corrected chi connectivity index (χ0v) is 13.9. The van der Waals surface area contributed by atoms with Crippen molar-refractivity contribution in [2.24, 2.45) is 0 Å². The summed E-state index contributed by atoms with van der Waals surface area (Å²) < 4.78 is 17.4. The van der Waals surface area contributed by atoms with E-state index in [2.05, 4.69) is 6.58 Å². The molecule has 0 aliphatic carbocycles. The van der Waals surface area contributed by atoms with Gasteiger partial charge < -0.3 is 18.4 Å². The highest BCUT2D eigenvalue weighted by atomic mass is 28.4. The minimum atomic E-state index is -3.02. The summed E-state index contributed by atoms with van der Waals surface area (Å²) in [6.07, 6.45) is 2.41. The summed E-state index contributed by atoms with van der Waals surface area (Å²) in [6, 6.07) is 0.0812. The van der Waals surface area contributed by atoms with Gasteiger partial charge in [0.05, 0.1) is 6.04 Å². The topological polar surface area (TPSA) is 65.0 Å². The van der Waals surface area contributed by atoms with Gasteiger partial charge in [-0.3, -0.25) is 4.79 Å². The number of ketones is 1. The van der Waals surface area contributed by atoms with Gasteiger partial charge in [-0.15, -0.1) is 0 Å². The van der Waals surface area contributed by atoms with Gasteiger partial charge in [0.15, 0.2) is 5.78 Å². The summed E-state index contributed by atoms with van der Waals surface area (Å²) in [5.74, 6) is -0.429. The van der Waals surface area contributed by atoms with Crippen LogP contribution in [0.4, 0.5) is 0 Å². The molecule has 0 radical (unpaired) electrons. The molecule has 0 spiro atoms. The van der Waals surface area contributed by atoms with Crippen LogP contribution >= 0.6 is 0 Å². The highest BCUT2D eigenvalue weighted by molar-refractivity contribution is 6.61. The molecule has 1 unspecified atom stereocenters. The molecule has 0 amide bonds. The number of aliphatic hydroxyl groups excluding tert-OH is 1. The standard InChI is InChI=1S/C14H28O5Si/c1-5-9-17-20(18-10-6-2,19-11-7-3)12-14(16)13(15)8-4/h8,14,16H,4-7,9-12H2,1-3H3. The second-order valence-corrected chi connectivity index (χ2v) is 7.20. The van der Waals surface area contributed by atoms with E-state index in [1.165, 1.54) is 0 Å². The van der Waals surface area contributed by atoms with Crippen LogP contribution in [-0.2, 0) is 18.1 Å². The summed E-state index contributed by atoms with van der Waals surface area (Å²) >= 11 is 0. The Morgan fingerprint density at radius 3 is 1.80 bits per heavy atom. The van der Waals surface area contributed by atoms with Crippen molar-refractivity contribution in [1.82, 2.24) is 0 Å². The maximum absolute atomic E-state index is 11.5. The first-order valence-electron chi connectivity index (χ1n) is 7.31. The monoisotopic (exact) mass is 304 g/mol. The van der Waals surface area contributed by atoms with Crippen molar-refractivity contribution in [2.75, 3.05) is 19.8 Å². The Morgan fingerprint density at radius 2 is 1.50 bits per heavy atom. The lowest BCUT2D eigenvalue weighted by Gasteiger charge is -2.30. The van der Waals surface area contributed by atoms with Crippen molar-refractivity contribution < 1.29 is 23.2 Å². The maximum atomic E-state index is 11.5. The van der Waals surface area contributed by atoms with Gasteiger partial charge in [0.25, 0.3) is 0 Å². The molecule has 0 bridgehead atoms. The van der Waals surface area contributed by atoms with E-state index in [-0.39, 0.29) is 6.04 Å². The molecule has 0 aromatic carbocycles. The lowest BCUT2D eigenvalue weighted by atomic mass is 10.2. The Bertz CT molecular complexity index is 261. The molecular weight excluding hydrogens is 276 g/mol. The van der Waals surface area contributed by atoms with Gasteiger partial charge >= 0.3 is 8.80 Å². The zero-order valence-electron chi connectivity index (χ0n) is 12.9. The molecular formula is C14H28O5Si. The average molecular weight is 304 g/mol. The van der Waals surface area contributed by atoms with E-state index in [0.29, 0.717) is 19.8 Å². The Morgan fingerprint density at radius 1 is 1.10 bits per heavy atom. The second-order valence-electron chi connectivity index (χ2n) is 4.55. The van der Waals surface area contributed by atoms with Crippen LogP contribution in [0.1, 0.15) is 40.0 Å². The van der Waals surface area contributed by atoms with Crippen LogP contribution in [0.5, 0.6) is 0 Å². The van der Waals surface area contributed by atoms with Gasteiger partial charge in [0.1, 0.15) is 6.10 Å². The molecule has 0 rings (SSSR count). The summed E-state index contributed by atoms with van der Waals surface area (Å²) in [7, 11) is -3.02. The smallest absolute Gasteiger partial charge is 0.385 e. The van der Waals surface area contributed by atoms with E-state index in [4.69, 9.17) is 13.3 Å². The maximum Gasteiger partial charge on any atom is 0.504 e. The van der Waals surface area contributed by atoms with Crippen LogP contribution in [0.15, 0.2) is 12.7 Å². The van der Waals surface area contributed by atoms with E-state index in [1.54, 1.807) is 0 Å². The lowest BCUT2D eigenvalue weighted by molar-refractivity contribution is -0.122. The molecule has 0 aliphatic rings. The number of hydrogen-bond donors (Lipinski definition) is 1. The fraction of sp³-hybridized carbons (Fsp3) is 0.786. The van der Waals surface area contributed by atoms with E-state index in [0.717, 1.165) is 25.3 Å². The predicted octanol–water partition coefficient (Wildman–Crippen LogP) is 2.32. The van der Waals surface area contributed by atoms with Crippen molar-refractivity contribution in [1.29, 1.82) is 0 Å². The third-order valence-corrected chi connectivity index (χ3v) is 5.37. The van der Waals surface area contributed by atoms with Gasteiger partial charge in [0.2, 0.25) is 0 Å². The lowest BCUT2D eigenvalue weighted by Crippen LogP contribution is -2.50. The Labute approximate surface area is 123 Å². The number of aliphatic hydroxyl groups is 1. The summed E-state index contributed by atoms with van der Waals surface area (Å²) in [5, 5.41) is 9.93. The summed E-state index contributed by atoms with van der Waals surface area (Å²) in [4.78, 5) is 11.5. The molecule has 0 aliphatic heterocycles. The second kappa shape index (κ2) is 11.2. The number of carbonyl (C=O) groups is 1. The first-order chi connectivity index (χ1) is 9.55. The van der Waals surface area contributed by atoms with Crippen LogP contribution in [0.25, 0.3) is 0 Å². The van der Waals surface area contributed by atoms with Crippen molar-refractivity contribution in [3.05, 3.63) is 12.7 Å². The van der Waals surface area contributed by atoms with Gasteiger partial charge in [0, 0.05) is 19.8 Å². The zero-order chi connectivity index (χ0) is 15.4. The number of carbonyl (C=O) groups excluding carboxylic acids is 1. The first-order valence-corrected chi connectivity index (χ1v) is 9.24. The Hall–Kier alpha value is -0.533. The van der Waals surface area contributed by atoms with Crippen LogP contribution in [0, 0.1) is 0 Å². The molecule has 1 atom stereocenters. The van der Waals surface area contributed by atoms with Crippen molar-refractivity contribution in [3.8, 4) is 0 Å². The minimum absolute atomic E-state index is 0.0812. The normalized spacial score (nSPS) is 13.2. The molecule has 5 nitrogen and oxygen atoms in total. The largest absolute Gasteiger partial charge is 0.504 e. The molecule has 0 saturated heterocycles. The van der Waals surface area contributed by atoms with Crippen LogP contribution in [0.3, 0.4) is 0 Å². The van der Waals surface area contributed by atoms with E-state index < -0.39 is 20.7 Å². The fourth-order valence-electron chi connectivity index (χ4n) is 1.55. The van der Waals surface area contributed by atoms with Crippen molar-refractivity contribution in [3.63, 3.8) is 0 Å². The van der Waals surface area contributed by atoms with Crippen molar-refractivity contribution in [2.45, 2.75) is 52.2 Å². The predicted molar refractivity (Wildman–Crippen MR) is 80.5 cm³/mol. The molecule has 0 heterocycles. The summed E-state index contributed by atoms with van der Waals surface area (Å²) in [6.45, 7) is 10.8. The van der Waals surface area contributed by atoms with Gasteiger partial charge in [-0.05, 0) is 25.3 Å². The minimum Gasteiger partial charge on any atom is -0.385 e. The van der Waals surface area contributed by atoms with Gasteiger partial charge in [-0.2, -0.15) is 0 Å². The first kappa shape index (κ1) is 19.5. The molecule has 0 aromatic rings. The SMILES string of the molecule is C=CC(=O)C(O)C[Si](OCCC)(OCCC)OCCC. The van der Waals surface area contributed by atoms with Gasteiger partial charge in [-0.25, -0.2) is 0 Å². The molecule has 118 valence electrons. The quantitative estimate of drug-likeness (QED) is 0.418. The number of hydrogen-bond acceptors (Lipinski definition) is 5. The Balaban J connectivity index is 4.90. The summed E-state index contributed by atoms with van der Waals surface area (Å²) in [5.41, 5.74) is 0. The highest BCUT2D eigenvalue weighted by Crippen LogP contribution is 2.20. The molecule has 0 saturated carbocycles.